The van der Waals surface area contributed by atoms with Crippen LogP contribution >= 0.6 is 0 Å². The zero-order valence-corrected chi connectivity index (χ0v) is 13.9. The van der Waals surface area contributed by atoms with E-state index >= 15 is 0 Å². The first kappa shape index (κ1) is 19.5. The Balaban J connectivity index is 2.96. The van der Waals surface area contributed by atoms with Crippen molar-refractivity contribution < 1.29 is 22.7 Å². The molecule has 0 bridgehead atoms. The van der Waals surface area contributed by atoms with Gasteiger partial charge in [-0.25, -0.2) is 0 Å². The zero-order chi connectivity index (χ0) is 17.6. The Morgan fingerprint density at radius 1 is 1.26 bits per heavy atom. The maximum atomic E-state index is 12.9. The molecule has 0 aliphatic carbocycles. The maximum absolute atomic E-state index is 12.9. The fraction of sp³-hybridized carbons (Fsp3) is 0.588. The van der Waals surface area contributed by atoms with Crippen LogP contribution in [-0.4, -0.2) is 19.1 Å². The molecule has 1 aromatic carbocycles. The Labute approximate surface area is 135 Å². The molecule has 1 rings (SSSR count). The molecule has 2 atom stereocenters. The van der Waals surface area contributed by atoms with Crippen molar-refractivity contribution in [3.8, 4) is 0 Å². The van der Waals surface area contributed by atoms with E-state index < -0.39 is 17.8 Å². The van der Waals surface area contributed by atoms with Crippen LogP contribution in [0.15, 0.2) is 24.3 Å². The van der Waals surface area contributed by atoms with Gasteiger partial charge in [-0.15, -0.1) is 0 Å². The van der Waals surface area contributed by atoms with E-state index in [1.807, 2.05) is 13.8 Å². The molecular formula is C17H24F3NO2. The maximum Gasteiger partial charge on any atom is 0.416 e. The van der Waals surface area contributed by atoms with E-state index in [0.29, 0.717) is 12.0 Å². The molecule has 0 saturated carbocycles. The van der Waals surface area contributed by atoms with E-state index in [2.05, 4.69) is 5.32 Å². The number of hydrogen-bond acceptors (Lipinski definition) is 2. The molecule has 2 unspecified atom stereocenters. The van der Waals surface area contributed by atoms with Gasteiger partial charge in [0.25, 0.3) is 0 Å². The predicted molar refractivity (Wildman–Crippen MR) is 82.9 cm³/mol. The van der Waals surface area contributed by atoms with Gasteiger partial charge in [0.15, 0.2) is 0 Å². The quantitative estimate of drug-likeness (QED) is 0.807. The molecule has 0 radical (unpaired) electrons. The molecule has 0 fully saturated rings. The average molecular weight is 331 g/mol. The molecular weight excluding hydrogens is 307 g/mol. The lowest BCUT2D eigenvalue weighted by molar-refractivity contribution is -0.137. The number of rotatable bonds is 7. The molecule has 1 N–H and O–H groups in total. The van der Waals surface area contributed by atoms with Gasteiger partial charge in [0.1, 0.15) is 0 Å². The normalized spacial score (nSPS) is 14.6. The Morgan fingerprint density at radius 3 is 2.43 bits per heavy atom. The highest BCUT2D eigenvalue weighted by Gasteiger charge is 2.31. The summed E-state index contributed by atoms with van der Waals surface area (Å²) in [5, 5.41) is 2.82. The van der Waals surface area contributed by atoms with Crippen molar-refractivity contribution in [2.75, 3.05) is 7.11 Å². The molecule has 130 valence electrons. The second kappa shape index (κ2) is 8.34. The minimum absolute atomic E-state index is 0.171. The Bertz CT molecular complexity index is 515. The van der Waals surface area contributed by atoms with Gasteiger partial charge in [-0.3, -0.25) is 4.79 Å². The highest BCUT2D eigenvalue weighted by molar-refractivity contribution is 5.76. The van der Waals surface area contributed by atoms with Crippen molar-refractivity contribution in [1.29, 1.82) is 0 Å². The van der Waals surface area contributed by atoms with E-state index in [4.69, 9.17) is 4.74 Å². The molecule has 0 aliphatic heterocycles. The van der Waals surface area contributed by atoms with E-state index in [1.54, 1.807) is 13.0 Å². The molecule has 3 nitrogen and oxygen atoms in total. The molecule has 6 heteroatoms. The lowest BCUT2D eigenvalue weighted by atomic mass is 9.95. The molecule has 0 spiro atoms. The van der Waals surface area contributed by atoms with Gasteiger partial charge in [0.2, 0.25) is 5.91 Å². The smallest absolute Gasteiger partial charge is 0.381 e. The number of halogens is 3. The van der Waals surface area contributed by atoms with Gasteiger partial charge in [-0.05, 0) is 37.0 Å². The number of carbonyl (C=O) groups excluding carboxylic acids is 1. The van der Waals surface area contributed by atoms with Gasteiger partial charge in [0, 0.05) is 7.11 Å². The average Bonchev–Trinajstić information content (AvgIpc) is 2.45. The summed E-state index contributed by atoms with van der Waals surface area (Å²) in [5.41, 5.74) is -0.241. The Hall–Kier alpha value is -1.56. The molecule has 0 aromatic heterocycles. The molecule has 1 amide bonds. The third-order valence-electron chi connectivity index (χ3n) is 3.53. The van der Waals surface area contributed by atoms with E-state index in [-0.39, 0.29) is 24.3 Å². The summed E-state index contributed by atoms with van der Waals surface area (Å²) >= 11 is 0. The summed E-state index contributed by atoms with van der Waals surface area (Å²) in [7, 11) is 1.51. The summed E-state index contributed by atoms with van der Waals surface area (Å²) in [6.07, 6.45) is -3.90. The Morgan fingerprint density at radius 2 is 1.91 bits per heavy atom. The fourth-order valence-electron chi connectivity index (χ4n) is 2.28. The van der Waals surface area contributed by atoms with Crippen molar-refractivity contribution in [3.05, 3.63) is 35.4 Å². The van der Waals surface area contributed by atoms with Gasteiger partial charge in [0.05, 0.1) is 24.1 Å². The summed E-state index contributed by atoms with van der Waals surface area (Å²) in [4.78, 5) is 12.0. The second-order valence-electron chi connectivity index (χ2n) is 6.12. The lowest BCUT2D eigenvalue weighted by Crippen LogP contribution is -2.32. The van der Waals surface area contributed by atoms with Gasteiger partial charge < -0.3 is 10.1 Å². The summed E-state index contributed by atoms with van der Waals surface area (Å²) in [6, 6.07) is 4.67. The highest BCUT2D eigenvalue weighted by Crippen LogP contribution is 2.32. The van der Waals surface area contributed by atoms with Crippen molar-refractivity contribution >= 4 is 5.91 Å². The summed E-state index contributed by atoms with van der Waals surface area (Å²) in [5.74, 6) is -0.00268. The third-order valence-corrected chi connectivity index (χ3v) is 3.53. The van der Waals surface area contributed by atoms with Crippen LogP contribution in [0.25, 0.3) is 0 Å². The van der Waals surface area contributed by atoms with Gasteiger partial charge in [-0.2, -0.15) is 13.2 Å². The predicted octanol–water partition coefficient (Wildman–Crippen LogP) is 4.33. The van der Waals surface area contributed by atoms with E-state index in [0.717, 1.165) is 12.1 Å². The first-order valence-corrected chi connectivity index (χ1v) is 7.62. The van der Waals surface area contributed by atoms with Crippen LogP contribution in [0.3, 0.4) is 0 Å². The zero-order valence-electron chi connectivity index (χ0n) is 13.9. The largest absolute Gasteiger partial charge is 0.416 e. The number of ether oxygens (including phenoxy) is 1. The number of nitrogens with one attached hydrogen (secondary N) is 1. The third kappa shape index (κ3) is 6.60. The van der Waals surface area contributed by atoms with Crippen molar-refractivity contribution in [1.82, 2.24) is 5.32 Å². The van der Waals surface area contributed by atoms with Crippen LogP contribution in [-0.2, 0) is 15.7 Å². The second-order valence-corrected chi connectivity index (χ2v) is 6.12. The number of hydrogen-bond donors (Lipinski definition) is 1. The number of carbonyl (C=O) groups is 1. The Kier molecular flexibility index (Phi) is 7.06. The number of methoxy groups -OCH3 is 1. The number of alkyl halides is 3. The first-order valence-electron chi connectivity index (χ1n) is 7.62. The SMILES string of the molecule is COC(C)CC(=O)NC(CC(C)C)c1cccc(C(F)(F)F)c1. The van der Waals surface area contributed by atoms with Crippen molar-refractivity contribution in [2.45, 2.75) is 51.9 Å². The van der Waals surface area contributed by atoms with Crippen LogP contribution in [0, 0.1) is 5.92 Å². The first-order chi connectivity index (χ1) is 10.6. The molecule has 1 aromatic rings. The number of benzene rings is 1. The fourth-order valence-corrected chi connectivity index (χ4v) is 2.28. The van der Waals surface area contributed by atoms with E-state index in [9.17, 15) is 18.0 Å². The van der Waals surface area contributed by atoms with Crippen LogP contribution in [0.2, 0.25) is 0 Å². The molecule has 0 saturated heterocycles. The van der Waals surface area contributed by atoms with Crippen LogP contribution < -0.4 is 5.32 Å². The van der Waals surface area contributed by atoms with Crippen molar-refractivity contribution in [2.24, 2.45) is 5.92 Å². The monoisotopic (exact) mass is 331 g/mol. The minimum Gasteiger partial charge on any atom is -0.381 e. The van der Waals surface area contributed by atoms with Crippen LogP contribution in [0.5, 0.6) is 0 Å². The van der Waals surface area contributed by atoms with Gasteiger partial charge >= 0.3 is 6.18 Å². The van der Waals surface area contributed by atoms with Gasteiger partial charge in [-0.1, -0.05) is 26.0 Å². The molecule has 23 heavy (non-hydrogen) atoms. The highest BCUT2D eigenvalue weighted by atomic mass is 19.4. The molecule has 0 heterocycles. The summed E-state index contributed by atoms with van der Waals surface area (Å²) < 4.78 is 43.7. The van der Waals surface area contributed by atoms with Crippen LogP contribution in [0.1, 0.15) is 50.8 Å². The minimum atomic E-state index is -4.40. The molecule has 0 aliphatic rings. The van der Waals surface area contributed by atoms with Crippen LogP contribution in [0.4, 0.5) is 13.2 Å². The summed E-state index contributed by atoms with van der Waals surface area (Å²) in [6.45, 7) is 5.69. The number of amides is 1. The van der Waals surface area contributed by atoms with E-state index in [1.165, 1.54) is 13.2 Å². The topological polar surface area (TPSA) is 38.3 Å². The lowest BCUT2D eigenvalue weighted by Gasteiger charge is -2.23. The standard InChI is InChI=1S/C17H24F3NO2/c1-11(2)8-15(21-16(22)9-12(3)23-4)13-6-5-7-14(10-13)17(18,19)20/h5-7,10-12,15H,8-9H2,1-4H3,(H,21,22). The van der Waals surface area contributed by atoms with Crippen molar-refractivity contribution in [3.63, 3.8) is 0 Å².